The smallest absolute Gasteiger partial charge is 0.256 e. The fraction of sp³-hybridized carbons (Fsp3) is 0.357. The molecule has 1 aromatic carbocycles. The lowest BCUT2D eigenvalue weighted by Crippen LogP contribution is -1.98. The van der Waals surface area contributed by atoms with E-state index in [9.17, 15) is 4.39 Å². The van der Waals surface area contributed by atoms with E-state index in [1.165, 1.54) is 12.1 Å². The second-order valence-electron chi connectivity index (χ2n) is 4.13. The van der Waals surface area contributed by atoms with Crippen LogP contribution in [0.5, 0.6) is 5.75 Å². The monoisotopic (exact) mass is 281 g/mol. The summed E-state index contributed by atoms with van der Waals surface area (Å²) in [4.78, 5) is 4.29. The van der Waals surface area contributed by atoms with Crippen molar-refractivity contribution >= 4 is 11.8 Å². The summed E-state index contributed by atoms with van der Waals surface area (Å²) in [5.41, 5.74) is 0.935. The molecule has 5 heteroatoms. The molecule has 102 valence electrons. The van der Waals surface area contributed by atoms with Crippen molar-refractivity contribution < 1.29 is 13.5 Å². The summed E-state index contributed by atoms with van der Waals surface area (Å²) in [5.74, 6) is 2.18. The number of benzene rings is 1. The third-order valence-corrected chi connectivity index (χ3v) is 3.52. The molecule has 0 fully saturated rings. The maximum atomic E-state index is 12.7. The van der Waals surface area contributed by atoms with Crippen molar-refractivity contribution in [2.45, 2.75) is 25.5 Å². The highest BCUT2D eigenvalue weighted by atomic mass is 32.2. The van der Waals surface area contributed by atoms with Crippen LogP contribution in [0.15, 0.2) is 33.9 Å². The fourth-order valence-corrected chi connectivity index (χ4v) is 2.27. The van der Waals surface area contributed by atoms with Crippen molar-refractivity contribution in [2.24, 2.45) is 0 Å². The summed E-state index contributed by atoms with van der Waals surface area (Å²) in [7, 11) is 0. The van der Waals surface area contributed by atoms with Gasteiger partial charge in [-0.05, 0) is 44.5 Å². The second kappa shape index (κ2) is 6.61. The standard InChI is InChI=1S/C14H16FNO2S/c1-10-11(2)18-14(16-10)19-9-3-8-17-13-6-4-12(15)5-7-13/h4-7H,3,8-9H2,1-2H3. The van der Waals surface area contributed by atoms with Gasteiger partial charge in [-0.25, -0.2) is 9.37 Å². The number of aryl methyl sites for hydroxylation is 2. The molecule has 19 heavy (non-hydrogen) atoms. The molecular formula is C14H16FNO2S. The molecule has 1 heterocycles. The molecule has 0 bridgehead atoms. The van der Waals surface area contributed by atoms with Gasteiger partial charge in [0.2, 0.25) is 0 Å². The lowest BCUT2D eigenvalue weighted by molar-refractivity contribution is 0.318. The Hall–Kier alpha value is -1.49. The molecule has 3 nitrogen and oxygen atoms in total. The molecule has 2 aromatic rings. The van der Waals surface area contributed by atoms with Crippen molar-refractivity contribution in [3.05, 3.63) is 41.5 Å². The van der Waals surface area contributed by atoms with Crippen molar-refractivity contribution in [2.75, 3.05) is 12.4 Å². The van der Waals surface area contributed by atoms with E-state index in [-0.39, 0.29) is 5.82 Å². The van der Waals surface area contributed by atoms with Gasteiger partial charge < -0.3 is 9.15 Å². The number of rotatable bonds is 6. The van der Waals surface area contributed by atoms with Gasteiger partial charge in [-0.2, -0.15) is 0 Å². The Morgan fingerprint density at radius 1 is 1.26 bits per heavy atom. The Bertz CT molecular complexity index is 505. The molecule has 0 aliphatic carbocycles. The van der Waals surface area contributed by atoms with Crippen LogP contribution in [0, 0.1) is 19.7 Å². The molecule has 0 spiro atoms. The minimum Gasteiger partial charge on any atom is -0.494 e. The average molecular weight is 281 g/mol. The van der Waals surface area contributed by atoms with Crippen LogP contribution >= 0.6 is 11.8 Å². The number of oxazole rings is 1. The van der Waals surface area contributed by atoms with E-state index >= 15 is 0 Å². The summed E-state index contributed by atoms with van der Waals surface area (Å²) >= 11 is 1.58. The SMILES string of the molecule is Cc1nc(SCCCOc2ccc(F)cc2)oc1C. The first-order valence-corrected chi connectivity index (χ1v) is 7.09. The van der Waals surface area contributed by atoms with Gasteiger partial charge in [0, 0.05) is 5.75 Å². The largest absolute Gasteiger partial charge is 0.494 e. The van der Waals surface area contributed by atoms with Gasteiger partial charge in [0.15, 0.2) is 0 Å². The number of aromatic nitrogens is 1. The van der Waals surface area contributed by atoms with Crippen molar-refractivity contribution in [3.8, 4) is 5.75 Å². The first-order valence-electron chi connectivity index (χ1n) is 6.10. The molecule has 0 amide bonds. The normalized spacial score (nSPS) is 10.7. The van der Waals surface area contributed by atoms with Crippen LogP contribution in [-0.4, -0.2) is 17.3 Å². The predicted molar refractivity (Wildman–Crippen MR) is 73.2 cm³/mol. The molecule has 0 aliphatic rings. The van der Waals surface area contributed by atoms with Crippen LogP contribution < -0.4 is 4.74 Å². The van der Waals surface area contributed by atoms with E-state index in [4.69, 9.17) is 9.15 Å². The van der Waals surface area contributed by atoms with E-state index in [2.05, 4.69) is 4.98 Å². The minimum atomic E-state index is -0.252. The summed E-state index contributed by atoms with van der Waals surface area (Å²) < 4.78 is 23.6. The van der Waals surface area contributed by atoms with Crippen LogP contribution in [0.25, 0.3) is 0 Å². The highest BCUT2D eigenvalue weighted by molar-refractivity contribution is 7.99. The third kappa shape index (κ3) is 4.28. The Labute approximate surface area is 116 Å². The molecule has 0 atom stereocenters. The van der Waals surface area contributed by atoms with E-state index in [1.807, 2.05) is 13.8 Å². The fourth-order valence-electron chi connectivity index (χ4n) is 1.44. The lowest BCUT2D eigenvalue weighted by atomic mass is 10.3. The Morgan fingerprint density at radius 2 is 2.00 bits per heavy atom. The van der Waals surface area contributed by atoms with Crippen molar-refractivity contribution in [3.63, 3.8) is 0 Å². The summed E-state index contributed by atoms with van der Waals surface area (Å²) in [6.07, 6.45) is 0.877. The molecule has 0 saturated carbocycles. The van der Waals surface area contributed by atoms with Crippen molar-refractivity contribution in [1.29, 1.82) is 0 Å². The maximum absolute atomic E-state index is 12.7. The zero-order valence-corrected chi connectivity index (χ0v) is 11.8. The Morgan fingerprint density at radius 3 is 2.63 bits per heavy atom. The van der Waals surface area contributed by atoms with Crippen LogP contribution in [0.1, 0.15) is 17.9 Å². The number of ether oxygens (including phenoxy) is 1. The van der Waals surface area contributed by atoms with E-state index in [0.717, 1.165) is 23.6 Å². The van der Waals surface area contributed by atoms with Gasteiger partial charge >= 0.3 is 0 Å². The lowest BCUT2D eigenvalue weighted by Gasteiger charge is -2.04. The molecule has 0 saturated heterocycles. The number of halogens is 1. The second-order valence-corrected chi connectivity index (χ2v) is 5.17. The quantitative estimate of drug-likeness (QED) is 0.592. The zero-order chi connectivity index (χ0) is 13.7. The molecule has 0 N–H and O–H groups in total. The molecular weight excluding hydrogens is 265 g/mol. The van der Waals surface area contributed by atoms with E-state index in [1.54, 1.807) is 23.9 Å². The van der Waals surface area contributed by atoms with Gasteiger partial charge in [-0.3, -0.25) is 0 Å². The number of hydrogen-bond acceptors (Lipinski definition) is 4. The van der Waals surface area contributed by atoms with Gasteiger partial charge in [0.25, 0.3) is 5.22 Å². The van der Waals surface area contributed by atoms with Gasteiger partial charge in [-0.1, -0.05) is 11.8 Å². The maximum Gasteiger partial charge on any atom is 0.256 e. The van der Waals surface area contributed by atoms with Gasteiger partial charge in [0.05, 0.1) is 12.3 Å². The minimum absolute atomic E-state index is 0.252. The van der Waals surface area contributed by atoms with Crippen LogP contribution in [0.3, 0.4) is 0 Å². The Kier molecular flexibility index (Phi) is 4.85. The highest BCUT2D eigenvalue weighted by Gasteiger charge is 2.05. The number of thioether (sulfide) groups is 1. The highest BCUT2D eigenvalue weighted by Crippen LogP contribution is 2.20. The van der Waals surface area contributed by atoms with E-state index < -0.39 is 0 Å². The molecule has 2 rings (SSSR count). The summed E-state index contributed by atoms with van der Waals surface area (Å²) in [6, 6.07) is 6.04. The third-order valence-electron chi connectivity index (χ3n) is 2.61. The Balaban J connectivity index is 1.66. The average Bonchev–Trinajstić information content (AvgIpc) is 2.71. The van der Waals surface area contributed by atoms with Crippen molar-refractivity contribution in [1.82, 2.24) is 4.98 Å². The predicted octanol–water partition coefficient (Wildman–Crippen LogP) is 3.99. The first kappa shape index (κ1) is 13.9. The van der Waals surface area contributed by atoms with Crippen LogP contribution in [-0.2, 0) is 0 Å². The van der Waals surface area contributed by atoms with E-state index in [0.29, 0.717) is 17.6 Å². The molecule has 0 radical (unpaired) electrons. The molecule has 0 aliphatic heterocycles. The zero-order valence-electron chi connectivity index (χ0n) is 11.0. The first-order chi connectivity index (χ1) is 9.15. The molecule has 0 unspecified atom stereocenters. The van der Waals surface area contributed by atoms with Gasteiger partial charge in [0.1, 0.15) is 17.3 Å². The molecule has 1 aromatic heterocycles. The van der Waals surface area contributed by atoms with Crippen LogP contribution in [0.2, 0.25) is 0 Å². The number of hydrogen-bond donors (Lipinski definition) is 0. The topological polar surface area (TPSA) is 35.3 Å². The van der Waals surface area contributed by atoms with Crippen LogP contribution in [0.4, 0.5) is 4.39 Å². The number of nitrogens with zero attached hydrogens (tertiary/aromatic N) is 1. The summed E-state index contributed by atoms with van der Waals surface area (Å²) in [5, 5.41) is 0.705. The summed E-state index contributed by atoms with van der Waals surface area (Å²) in [6.45, 7) is 4.43. The van der Waals surface area contributed by atoms with Gasteiger partial charge in [-0.15, -0.1) is 0 Å².